The van der Waals surface area contributed by atoms with Crippen LogP contribution in [-0.2, 0) is 19.1 Å². The van der Waals surface area contributed by atoms with Gasteiger partial charge in [0.25, 0.3) is 0 Å². The van der Waals surface area contributed by atoms with Crippen molar-refractivity contribution in [2.24, 2.45) is 40.9 Å². The Kier molecular flexibility index (Phi) is 18.2. The lowest BCUT2D eigenvalue weighted by Gasteiger charge is -2.39. The maximum Gasteiger partial charge on any atom is 0.315 e. The molecule has 4 rings (SSSR count). The zero-order valence-electron chi connectivity index (χ0n) is 32.1. The van der Waals surface area contributed by atoms with E-state index in [0.29, 0.717) is 0 Å². The smallest absolute Gasteiger partial charge is 0.315 e. The molecule has 1 unspecified atom stereocenters. The van der Waals surface area contributed by atoms with Gasteiger partial charge in [-0.05, 0) is 107 Å². The Labute approximate surface area is 297 Å². The average Bonchev–Trinajstić information content (AvgIpc) is 3.12. The monoisotopic (exact) mass is 671 g/mol. The van der Waals surface area contributed by atoms with Crippen molar-refractivity contribution in [3.05, 3.63) is 0 Å². The molecule has 4 aliphatic rings. The molecule has 4 nitrogen and oxygen atoms in total. The minimum atomic E-state index is -0.621. The van der Waals surface area contributed by atoms with Gasteiger partial charge in [-0.2, -0.15) is 0 Å². The first-order chi connectivity index (χ1) is 23.5. The number of rotatable bonds is 20. The van der Waals surface area contributed by atoms with Crippen LogP contribution in [0.2, 0.25) is 0 Å². The van der Waals surface area contributed by atoms with E-state index in [1.165, 1.54) is 122 Å². The normalized spacial score (nSPS) is 30.0. The summed E-state index contributed by atoms with van der Waals surface area (Å²) >= 11 is 0. The Morgan fingerprint density at radius 1 is 0.604 bits per heavy atom. The first kappa shape index (κ1) is 39.7. The van der Waals surface area contributed by atoms with E-state index in [-0.39, 0.29) is 30.6 Å². The van der Waals surface area contributed by atoms with E-state index in [9.17, 15) is 9.59 Å². The summed E-state index contributed by atoms with van der Waals surface area (Å²) in [4.78, 5) is 27.1. The number of hydrogen-bond acceptors (Lipinski definition) is 4. The molecule has 0 aromatic carbocycles. The highest BCUT2D eigenvalue weighted by Gasteiger charge is 2.44. The van der Waals surface area contributed by atoms with Gasteiger partial charge in [-0.15, -0.1) is 0 Å². The lowest BCUT2D eigenvalue weighted by Crippen LogP contribution is -2.43. The predicted molar refractivity (Wildman–Crippen MR) is 200 cm³/mol. The Morgan fingerprint density at radius 2 is 1.17 bits per heavy atom. The highest BCUT2D eigenvalue weighted by atomic mass is 16.6. The van der Waals surface area contributed by atoms with Crippen LogP contribution >= 0.6 is 0 Å². The second-order valence-electron chi connectivity index (χ2n) is 17.5. The zero-order valence-corrected chi connectivity index (χ0v) is 32.1. The third-order valence-electron chi connectivity index (χ3n) is 13.8. The molecule has 4 aliphatic carbocycles. The van der Waals surface area contributed by atoms with Crippen LogP contribution in [0.1, 0.15) is 213 Å². The SMILES string of the molecule is CCCCCC(CCC)CCCC1CCC(C(=O)OCC2(C(=O)OC3CCC(C4CCC(CCCCC)CC4)CC3)CCCCC2)CC1. The molecule has 278 valence electrons. The van der Waals surface area contributed by atoms with Crippen molar-refractivity contribution in [3.63, 3.8) is 0 Å². The van der Waals surface area contributed by atoms with Gasteiger partial charge in [-0.25, -0.2) is 0 Å². The summed E-state index contributed by atoms with van der Waals surface area (Å²) < 4.78 is 12.4. The summed E-state index contributed by atoms with van der Waals surface area (Å²) in [5.74, 6) is 4.27. The van der Waals surface area contributed by atoms with E-state index in [1.807, 2.05) is 0 Å². The van der Waals surface area contributed by atoms with Crippen molar-refractivity contribution in [1.29, 1.82) is 0 Å². The minimum Gasteiger partial charge on any atom is -0.464 e. The largest absolute Gasteiger partial charge is 0.464 e. The van der Waals surface area contributed by atoms with Crippen LogP contribution in [-0.4, -0.2) is 24.6 Å². The molecule has 0 spiro atoms. The fourth-order valence-electron chi connectivity index (χ4n) is 10.5. The van der Waals surface area contributed by atoms with Gasteiger partial charge in [0.1, 0.15) is 18.1 Å². The number of hydrogen-bond donors (Lipinski definition) is 0. The van der Waals surface area contributed by atoms with Gasteiger partial charge in [0.15, 0.2) is 0 Å². The van der Waals surface area contributed by atoms with Crippen LogP contribution in [0.15, 0.2) is 0 Å². The summed E-state index contributed by atoms with van der Waals surface area (Å²) in [5, 5.41) is 0. The molecule has 0 bridgehead atoms. The van der Waals surface area contributed by atoms with Crippen LogP contribution in [0, 0.1) is 40.9 Å². The molecule has 4 heteroatoms. The van der Waals surface area contributed by atoms with Crippen molar-refractivity contribution in [1.82, 2.24) is 0 Å². The average molecular weight is 671 g/mol. The van der Waals surface area contributed by atoms with E-state index >= 15 is 0 Å². The number of esters is 2. The van der Waals surface area contributed by atoms with Gasteiger partial charge < -0.3 is 9.47 Å². The Bertz CT molecular complexity index is 868. The third kappa shape index (κ3) is 12.9. The molecule has 0 saturated heterocycles. The quantitative estimate of drug-likeness (QED) is 0.0955. The van der Waals surface area contributed by atoms with Gasteiger partial charge in [-0.1, -0.05) is 136 Å². The van der Waals surface area contributed by atoms with Crippen molar-refractivity contribution in [3.8, 4) is 0 Å². The third-order valence-corrected chi connectivity index (χ3v) is 13.8. The van der Waals surface area contributed by atoms with Crippen LogP contribution in [0.5, 0.6) is 0 Å². The molecule has 0 radical (unpaired) electrons. The number of ether oxygens (including phenoxy) is 2. The number of carbonyl (C=O) groups excluding carboxylic acids is 2. The highest BCUT2D eigenvalue weighted by Crippen LogP contribution is 2.44. The first-order valence-electron chi connectivity index (χ1n) is 21.8. The zero-order chi connectivity index (χ0) is 34.0. The van der Waals surface area contributed by atoms with Gasteiger partial charge in [0, 0.05) is 0 Å². The van der Waals surface area contributed by atoms with Crippen LogP contribution in [0.25, 0.3) is 0 Å². The summed E-state index contributed by atoms with van der Waals surface area (Å²) in [5.41, 5.74) is -0.621. The van der Waals surface area contributed by atoms with E-state index in [0.717, 1.165) is 100 Å². The molecular weight excluding hydrogens is 592 g/mol. The van der Waals surface area contributed by atoms with Crippen LogP contribution in [0.3, 0.4) is 0 Å². The van der Waals surface area contributed by atoms with E-state index in [4.69, 9.17) is 9.47 Å². The van der Waals surface area contributed by atoms with Crippen LogP contribution < -0.4 is 0 Å². The van der Waals surface area contributed by atoms with Crippen molar-refractivity contribution in [2.75, 3.05) is 6.61 Å². The summed E-state index contributed by atoms with van der Waals surface area (Å²) in [6.45, 7) is 7.17. The summed E-state index contributed by atoms with van der Waals surface area (Å²) in [6.07, 6.45) is 37.1. The molecule has 48 heavy (non-hydrogen) atoms. The van der Waals surface area contributed by atoms with E-state index in [2.05, 4.69) is 20.8 Å². The van der Waals surface area contributed by atoms with Gasteiger partial charge in [0.05, 0.1) is 5.92 Å². The molecule has 1 atom stereocenters. The summed E-state index contributed by atoms with van der Waals surface area (Å²) in [7, 11) is 0. The standard InChI is InChI=1S/C44H78O4/c1-4-7-10-16-35(15-6-3)18-14-19-37-22-26-40(27-23-37)42(45)47-34-44(32-12-9-13-33-44)43(46)48-41-30-28-39(29-31-41)38-24-20-36(21-25-38)17-11-8-5-2/h35-41H,4-34H2,1-3H3. The Balaban J connectivity index is 1.14. The fraction of sp³-hybridized carbons (Fsp3) is 0.955. The van der Waals surface area contributed by atoms with Crippen molar-refractivity contribution >= 4 is 11.9 Å². The second kappa shape index (κ2) is 22.0. The maximum absolute atomic E-state index is 13.8. The number of carbonyl (C=O) groups is 2. The minimum absolute atomic E-state index is 0.0153. The van der Waals surface area contributed by atoms with Gasteiger partial charge in [-0.3, -0.25) is 9.59 Å². The van der Waals surface area contributed by atoms with Crippen molar-refractivity contribution in [2.45, 2.75) is 219 Å². The topological polar surface area (TPSA) is 52.6 Å². The molecule has 0 aromatic heterocycles. The Morgan fingerprint density at radius 3 is 1.79 bits per heavy atom. The highest BCUT2D eigenvalue weighted by molar-refractivity contribution is 5.78. The fourth-order valence-corrected chi connectivity index (χ4v) is 10.5. The predicted octanol–water partition coefficient (Wildman–Crippen LogP) is 12.9. The molecule has 0 aliphatic heterocycles. The second-order valence-corrected chi connectivity index (χ2v) is 17.5. The molecule has 0 N–H and O–H groups in total. The molecule has 0 aromatic rings. The van der Waals surface area contributed by atoms with Crippen molar-refractivity contribution < 1.29 is 19.1 Å². The molecule has 4 saturated carbocycles. The Hall–Kier alpha value is -1.06. The van der Waals surface area contributed by atoms with Gasteiger partial charge in [0.2, 0.25) is 0 Å². The van der Waals surface area contributed by atoms with Gasteiger partial charge >= 0.3 is 11.9 Å². The maximum atomic E-state index is 13.8. The van der Waals surface area contributed by atoms with E-state index in [1.54, 1.807) is 0 Å². The van der Waals surface area contributed by atoms with E-state index < -0.39 is 5.41 Å². The molecular formula is C44H78O4. The number of unbranched alkanes of at least 4 members (excludes halogenated alkanes) is 4. The van der Waals surface area contributed by atoms with Crippen LogP contribution in [0.4, 0.5) is 0 Å². The first-order valence-corrected chi connectivity index (χ1v) is 21.8. The summed E-state index contributed by atoms with van der Waals surface area (Å²) in [6, 6.07) is 0. The lowest BCUT2D eigenvalue weighted by molar-refractivity contribution is -0.174. The lowest BCUT2D eigenvalue weighted by atomic mass is 9.70. The molecule has 0 heterocycles. The molecule has 0 amide bonds. The molecule has 4 fully saturated rings.